The fourth-order valence-corrected chi connectivity index (χ4v) is 6.19. The van der Waals surface area contributed by atoms with Crippen molar-refractivity contribution in [2.75, 3.05) is 26.4 Å². The third-order valence-corrected chi connectivity index (χ3v) is 8.37. The third kappa shape index (κ3) is 6.00. The highest BCUT2D eigenvalue weighted by molar-refractivity contribution is 5.90. The maximum absolute atomic E-state index is 11.7. The van der Waals surface area contributed by atoms with Gasteiger partial charge in [0.2, 0.25) is 5.88 Å². The van der Waals surface area contributed by atoms with E-state index in [0.717, 1.165) is 61.6 Å². The van der Waals surface area contributed by atoms with Gasteiger partial charge in [-0.2, -0.15) is 9.78 Å². The van der Waals surface area contributed by atoms with Crippen molar-refractivity contribution in [2.24, 2.45) is 0 Å². The number of para-hydroxylation sites is 1. The summed E-state index contributed by atoms with van der Waals surface area (Å²) < 4.78 is 19.3. The molecule has 43 heavy (non-hydrogen) atoms. The minimum absolute atomic E-state index is 0.00955. The summed E-state index contributed by atoms with van der Waals surface area (Å²) in [4.78, 5) is 19.1. The quantitative estimate of drug-likeness (QED) is 0.266. The standard InChI is InChI=1S/C34H38N4O5/c1-4-42-33-28(34(39)40)18-35-38(33)31-12-6-11-30(36-31)27-10-5-8-22(2)32(27)43-20-24-16-23(3)29-19-37(14-13-25(29)17-24)26-9-7-15-41-21-26/h5-6,8,10-12,16-18,26H,4,7,9,13-15,19-21H2,1-3H3,(H,39,40)/t26-/m0/s1. The van der Waals surface area contributed by atoms with Crippen LogP contribution in [0.1, 0.15) is 57.9 Å². The van der Waals surface area contributed by atoms with Crippen LogP contribution in [0.3, 0.4) is 0 Å². The van der Waals surface area contributed by atoms with Crippen molar-refractivity contribution in [2.45, 2.75) is 59.2 Å². The molecule has 1 atom stereocenters. The van der Waals surface area contributed by atoms with Gasteiger partial charge in [0.25, 0.3) is 0 Å². The molecule has 6 rings (SSSR count). The summed E-state index contributed by atoms with van der Waals surface area (Å²) >= 11 is 0. The summed E-state index contributed by atoms with van der Waals surface area (Å²) in [5, 5.41) is 13.8. The first kappa shape index (κ1) is 28.9. The Morgan fingerprint density at radius 2 is 1.98 bits per heavy atom. The van der Waals surface area contributed by atoms with Gasteiger partial charge >= 0.3 is 5.97 Å². The first-order valence-electron chi connectivity index (χ1n) is 15.0. The molecule has 2 aromatic carbocycles. The molecule has 4 heterocycles. The summed E-state index contributed by atoms with van der Waals surface area (Å²) in [6, 6.07) is 16.7. The molecule has 2 aliphatic heterocycles. The van der Waals surface area contributed by atoms with Crippen molar-refractivity contribution >= 4 is 5.97 Å². The van der Waals surface area contributed by atoms with Crippen molar-refractivity contribution in [1.29, 1.82) is 0 Å². The molecule has 0 bridgehead atoms. The van der Waals surface area contributed by atoms with E-state index >= 15 is 0 Å². The summed E-state index contributed by atoms with van der Waals surface area (Å²) in [5.74, 6) is 0.273. The zero-order valence-corrected chi connectivity index (χ0v) is 25.0. The van der Waals surface area contributed by atoms with E-state index in [4.69, 9.17) is 19.2 Å². The minimum Gasteiger partial charge on any atom is -0.488 e. The molecule has 4 aromatic rings. The molecule has 9 nitrogen and oxygen atoms in total. The van der Waals surface area contributed by atoms with Crippen LogP contribution in [0, 0.1) is 13.8 Å². The minimum atomic E-state index is -1.10. The van der Waals surface area contributed by atoms with Crippen molar-refractivity contribution in [3.05, 3.63) is 88.1 Å². The van der Waals surface area contributed by atoms with Gasteiger partial charge in [-0.25, -0.2) is 9.78 Å². The summed E-state index contributed by atoms with van der Waals surface area (Å²) in [7, 11) is 0. The van der Waals surface area contributed by atoms with E-state index in [0.29, 0.717) is 30.8 Å². The maximum atomic E-state index is 11.7. The van der Waals surface area contributed by atoms with Crippen molar-refractivity contribution in [1.82, 2.24) is 19.7 Å². The number of carboxylic acid groups (broad SMARTS) is 1. The van der Waals surface area contributed by atoms with Gasteiger partial charge in [0.1, 0.15) is 17.9 Å². The van der Waals surface area contributed by atoms with Crippen LogP contribution in [0.2, 0.25) is 0 Å². The number of carboxylic acids is 1. The van der Waals surface area contributed by atoms with Crippen LogP contribution < -0.4 is 9.47 Å². The molecule has 0 saturated carbocycles. The summed E-state index contributed by atoms with van der Waals surface area (Å²) in [6.45, 7) is 10.6. The predicted octanol–water partition coefficient (Wildman–Crippen LogP) is 5.76. The molecule has 0 spiro atoms. The lowest BCUT2D eigenvalue weighted by Crippen LogP contribution is -2.44. The zero-order chi connectivity index (χ0) is 29.9. The van der Waals surface area contributed by atoms with Crippen LogP contribution in [0.25, 0.3) is 17.1 Å². The number of carbonyl (C=O) groups is 1. The smallest absolute Gasteiger partial charge is 0.342 e. The lowest BCUT2D eigenvalue weighted by atomic mass is 9.91. The Morgan fingerprint density at radius 1 is 1.12 bits per heavy atom. The summed E-state index contributed by atoms with van der Waals surface area (Å²) in [5.41, 5.74) is 7.86. The Balaban J connectivity index is 1.24. The molecule has 1 saturated heterocycles. The highest BCUT2D eigenvalue weighted by Gasteiger charge is 2.27. The Labute approximate surface area is 252 Å². The summed E-state index contributed by atoms with van der Waals surface area (Å²) in [6.07, 6.45) is 4.68. The van der Waals surface area contributed by atoms with Gasteiger partial charge in [0, 0.05) is 31.3 Å². The third-order valence-electron chi connectivity index (χ3n) is 8.37. The number of aromatic carboxylic acids is 1. The second-order valence-corrected chi connectivity index (χ2v) is 11.3. The van der Waals surface area contributed by atoms with Crippen LogP contribution in [0.4, 0.5) is 0 Å². The number of aromatic nitrogens is 3. The van der Waals surface area contributed by atoms with Crippen LogP contribution >= 0.6 is 0 Å². The van der Waals surface area contributed by atoms with Gasteiger partial charge in [-0.05, 0) is 86.1 Å². The molecular weight excluding hydrogens is 544 g/mol. The van der Waals surface area contributed by atoms with E-state index in [9.17, 15) is 9.90 Å². The predicted molar refractivity (Wildman–Crippen MR) is 163 cm³/mol. The average molecular weight is 583 g/mol. The van der Waals surface area contributed by atoms with Crippen LogP contribution in [-0.4, -0.2) is 63.1 Å². The molecule has 0 amide bonds. The molecule has 0 radical (unpaired) electrons. The second-order valence-electron chi connectivity index (χ2n) is 11.3. The lowest BCUT2D eigenvalue weighted by Gasteiger charge is -2.38. The second kappa shape index (κ2) is 12.6. The number of benzene rings is 2. The van der Waals surface area contributed by atoms with Crippen molar-refractivity contribution < 1.29 is 24.1 Å². The van der Waals surface area contributed by atoms with Gasteiger partial charge < -0.3 is 19.3 Å². The zero-order valence-electron chi connectivity index (χ0n) is 25.0. The lowest BCUT2D eigenvalue weighted by molar-refractivity contribution is 0.0124. The number of pyridine rings is 1. The van der Waals surface area contributed by atoms with E-state index in [-0.39, 0.29) is 11.4 Å². The molecule has 224 valence electrons. The molecule has 2 aliphatic rings. The Kier molecular flexibility index (Phi) is 8.44. The Hall–Kier alpha value is -4.21. The van der Waals surface area contributed by atoms with Crippen LogP contribution in [0.5, 0.6) is 11.6 Å². The Morgan fingerprint density at radius 3 is 2.77 bits per heavy atom. The average Bonchev–Trinajstić information content (AvgIpc) is 3.45. The Bertz CT molecular complexity index is 1630. The largest absolute Gasteiger partial charge is 0.488 e. The first-order chi connectivity index (χ1) is 20.9. The van der Waals surface area contributed by atoms with Crippen molar-refractivity contribution in [3.8, 4) is 28.7 Å². The van der Waals surface area contributed by atoms with Gasteiger partial charge in [0.05, 0.1) is 25.1 Å². The number of fused-ring (bicyclic) bond motifs is 1. The first-order valence-corrected chi connectivity index (χ1v) is 15.0. The number of aryl methyl sites for hydroxylation is 2. The monoisotopic (exact) mass is 582 g/mol. The number of rotatable bonds is 9. The molecule has 0 unspecified atom stereocenters. The van der Waals surface area contributed by atoms with E-state index in [2.05, 4.69) is 29.1 Å². The molecular formula is C34H38N4O5. The van der Waals surface area contributed by atoms with E-state index in [1.54, 1.807) is 13.0 Å². The molecule has 1 N–H and O–H groups in total. The van der Waals surface area contributed by atoms with Gasteiger partial charge in [-0.1, -0.05) is 30.3 Å². The van der Waals surface area contributed by atoms with Gasteiger partial charge in [0.15, 0.2) is 5.82 Å². The number of nitrogens with zero attached hydrogens (tertiary/aromatic N) is 4. The SMILES string of the molecule is CCOc1c(C(=O)O)cnn1-c1cccc(-c2cccc(C)c2OCc2cc(C)c3c(c2)CCN([C@H]2CCCOC2)C3)n1. The molecule has 1 fully saturated rings. The highest BCUT2D eigenvalue weighted by atomic mass is 16.5. The number of ether oxygens (including phenoxy) is 3. The van der Waals surface area contributed by atoms with Crippen molar-refractivity contribution in [3.63, 3.8) is 0 Å². The topological polar surface area (TPSA) is 98.9 Å². The number of hydrogen-bond acceptors (Lipinski definition) is 7. The van der Waals surface area contributed by atoms with E-state index < -0.39 is 5.97 Å². The maximum Gasteiger partial charge on any atom is 0.342 e. The van der Waals surface area contributed by atoms with E-state index in [1.807, 2.05) is 37.3 Å². The number of hydrogen-bond donors (Lipinski definition) is 1. The van der Waals surface area contributed by atoms with E-state index in [1.165, 1.54) is 34.0 Å². The molecule has 9 heteroatoms. The van der Waals surface area contributed by atoms with Gasteiger partial charge in [-0.15, -0.1) is 0 Å². The fourth-order valence-electron chi connectivity index (χ4n) is 6.19. The molecule has 0 aliphatic carbocycles. The fraction of sp³-hybridized carbons (Fsp3) is 0.382. The van der Waals surface area contributed by atoms with Crippen LogP contribution in [0.15, 0.2) is 54.7 Å². The normalized spacial score (nSPS) is 17.0. The van der Waals surface area contributed by atoms with Gasteiger partial charge in [-0.3, -0.25) is 4.90 Å². The molecule has 2 aromatic heterocycles. The highest BCUT2D eigenvalue weighted by Crippen LogP contribution is 2.34. The van der Waals surface area contributed by atoms with Crippen LogP contribution in [-0.2, 0) is 24.3 Å².